The van der Waals surface area contributed by atoms with Gasteiger partial charge in [-0.25, -0.2) is 4.98 Å². The summed E-state index contributed by atoms with van der Waals surface area (Å²) in [5.41, 5.74) is 8.20. The van der Waals surface area contributed by atoms with Crippen LogP contribution in [0.1, 0.15) is 24.0 Å². The highest BCUT2D eigenvalue weighted by Crippen LogP contribution is 2.36. The topological polar surface area (TPSA) is 50.8 Å². The van der Waals surface area contributed by atoms with Crippen molar-refractivity contribution in [2.75, 3.05) is 7.11 Å². The van der Waals surface area contributed by atoms with E-state index < -0.39 is 0 Å². The van der Waals surface area contributed by atoms with E-state index in [-0.39, 0.29) is 0 Å². The molecule has 0 amide bonds. The molecule has 4 aromatic rings. The molecular weight excluding hydrogens is 310 g/mol. The largest absolute Gasteiger partial charge is 0.481 e. The summed E-state index contributed by atoms with van der Waals surface area (Å²) >= 11 is 0. The number of hydrogen-bond acceptors (Lipinski definition) is 3. The van der Waals surface area contributed by atoms with Crippen LogP contribution in [-0.4, -0.2) is 22.1 Å². The van der Waals surface area contributed by atoms with Crippen molar-refractivity contribution in [3.8, 4) is 17.1 Å². The average molecular weight is 329 g/mol. The zero-order chi connectivity index (χ0) is 16.8. The van der Waals surface area contributed by atoms with E-state index in [1.165, 1.54) is 36.0 Å². The highest BCUT2D eigenvalue weighted by Gasteiger charge is 2.18. The Morgan fingerprint density at radius 3 is 2.88 bits per heavy atom. The van der Waals surface area contributed by atoms with Crippen molar-refractivity contribution < 1.29 is 4.74 Å². The van der Waals surface area contributed by atoms with Crippen LogP contribution in [0.3, 0.4) is 0 Å². The van der Waals surface area contributed by atoms with Gasteiger partial charge in [-0.05, 0) is 48.9 Å². The van der Waals surface area contributed by atoms with Crippen LogP contribution in [0.25, 0.3) is 33.2 Å². The predicted molar refractivity (Wildman–Crippen MR) is 100 cm³/mol. The molecule has 1 aliphatic rings. The lowest BCUT2D eigenvalue weighted by atomic mass is 9.87. The van der Waals surface area contributed by atoms with Crippen LogP contribution in [0.2, 0.25) is 0 Å². The number of fused-ring (bicyclic) bond motifs is 4. The summed E-state index contributed by atoms with van der Waals surface area (Å²) in [5, 5.41) is 1.09. The molecule has 4 nitrogen and oxygen atoms in total. The molecule has 4 heteroatoms. The molecule has 5 rings (SSSR count). The number of aromatic nitrogens is 3. The van der Waals surface area contributed by atoms with Gasteiger partial charge in [0, 0.05) is 23.2 Å². The molecule has 0 saturated heterocycles. The first-order chi connectivity index (χ1) is 12.3. The van der Waals surface area contributed by atoms with E-state index in [9.17, 15) is 0 Å². The van der Waals surface area contributed by atoms with E-state index in [4.69, 9.17) is 9.72 Å². The lowest BCUT2D eigenvalue weighted by Gasteiger charge is -2.19. The standard InChI is InChI=1S/C21H19N3O/c1-25-18-10-9-17-19(24-18)16-11-12-22-20(21(16)23-17)15-8-4-6-13-5-2-3-7-14(13)15/h4,6,8-12,23H,2-3,5,7H2,1H3. The fraction of sp³-hybridized carbons (Fsp3) is 0.238. The molecule has 3 aromatic heterocycles. The van der Waals surface area contributed by atoms with Gasteiger partial charge >= 0.3 is 0 Å². The van der Waals surface area contributed by atoms with E-state index in [2.05, 4.69) is 28.2 Å². The van der Waals surface area contributed by atoms with Gasteiger partial charge in [-0.1, -0.05) is 18.2 Å². The van der Waals surface area contributed by atoms with Crippen LogP contribution in [0.5, 0.6) is 5.88 Å². The molecule has 25 heavy (non-hydrogen) atoms. The third kappa shape index (κ3) is 2.21. The third-order valence-corrected chi connectivity index (χ3v) is 5.20. The Morgan fingerprint density at radius 1 is 1.04 bits per heavy atom. The monoisotopic (exact) mass is 329 g/mol. The van der Waals surface area contributed by atoms with Crippen molar-refractivity contribution in [1.29, 1.82) is 0 Å². The van der Waals surface area contributed by atoms with Gasteiger partial charge < -0.3 is 9.72 Å². The van der Waals surface area contributed by atoms with Crippen LogP contribution in [0, 0.1) is 0 Å². The van der Waals surface area contributed by atoms with E-state index in [1.54, 1.807) is 7.11 Å². The number of pyridine rings is 2. The maximum Gasteiger partial charge on any atom is 0.213 e. The van der Waals surface area contributed by atoms with Crippen molar-refractivity contribution in [3.63, 3.8) is 0 Å². The molecule has 0 radical (unpaired) electrons. The van der Waals surface area contributed by atoms with Crippen LogP contribution in [0.15, 0.2) is 42.6 Å². The van der Waals surface area contributed by atoms with Crippen molar-refractivity contribution in [3.05, 3.63) is 53.7 Å². The number of ether oxygens (including phenoxy) is 1. The lowest BCUT2D eigenvalue weighted by molar-refractivity contribution is 0.399. The second-order valence-electron chi connectivity index (χ2n) is 6.61. The highest BCUT2D eigenvalue weighted by molar-refractivity contribution is 6.09. The average Bonchev–Trinajstić information content (AvgIpc) is 3.05. The summed E-state index contributed by atoms with van der Waals surface area (Å²) < 4.78 is 5.29. The first-order valence-corrected chi connectivity index (χ1v) is 8.78. The first kappa shape index (κ1) is 14.5. The van der Waals surface area contributed by atoms with Crippen LogP contribution >= 0.6 is 0 Å². The Morgan fingerprint density at radius 2 is 1.96 bits per heavy atom. The smallest absolute Gasteiger partial charge is 0.213 e. The van der Waals surface area contributed by atoms with Gasteiger partial charge in [0.15, 0.2) is 0 Å². The van der Waals surface area contributed by atoms with Crippen LogP contribution < -0.4 is 4.74 Å². The molecule has 0 fully saturated rings. The Balaban J connectivity index is 1.80. The maximum absolute atomic E-state index is 5.29. The molecule has 0 atom stereocenters. The second-order valence-corrected chi connectivity index (χ2v) is 6.61. The van der Waals surface area contributed by atoms with Crippen LogP contribution in [-0.2, 0) is 12.8 Å². The highest BCUT2D eigenvalue weighted by atomic mass is 16.5. The van der Waals surface area contributed by atoms with Gasteiger partial charge in [0.2, 0.25) is 5.88 Å². The van der Waals surface area contributed by atoms with Crippen molar-refractivity contribution in [2.24, 2.45) is 0 Å². The predicted octanol–water partition coefficient (Wildman–Crippen LogP) is 4.67. The van der Waals surface area contributed by atoms with Crippen molar-refractivity contribution in [2.45, 2.75) is 25.7 Å². The number of nitrogens with zero attached hydrogens (tertiary/aromatic N) is 2. The maximum atomic E-state index is 5.29. The minimum Gasteiger partial charge on any atom is -0.481 e. The van der Waals surface area contributed by atoms with E-state index in [0.717, 1.165) is 34.1 Å². The number of H-pyrrole nitrogens is 1. The minimum absolute atomic E-state index is 0.629. The molecule has 1 N–H and O–H groups in total. The third-order valence-electron chi connectivity index (χ3n) is 5.20. The Labute approximate surface area is 145 Å². The Kier molecular flexibility index (Phi) is 3.23. The molecule has 0 unspecified atom stereocenters. The van der Waals surface area contributed by atoms with E-state index in [0.29, 0.717) is 5.88 Å². The quantitative estimate of drug-likeness (QED) is 0.581. The summed E-state index contributed by atoms with van der Waals surface area (Å²) in [6.07, 6.45) is 6.73. The summed E-state index contributed by atoms with van der Waals surface area (Å²) in [6.45, 7) is 0. The van der Waals surface area contributed by atoms with E-state index >= 15 is 0 Å². The summed E-state index contributed by atoms with van der Waals surface area (Å²) in [6, 6.07) is 12.5. The molecule has 3 heterocycles. The molecule has 0 saturated carbocycles. The van der Waals surface area contributed by atoms with Crippen molar-refractivity contribution >= 4 is 21.9 Å². The first-order valence-electron chi connectivity index (χ1n) is 8.78. The molecule has 0 aliphatic heterocycles. The summed E-state index contributed by atoms with van der Waals surface area (Å²) in [4.78, 5) is 12.9. The van der Waals surface area contributed by atoms with Gasteiger partial charge in [0.1, 0.15) is 0 Å². The number of rotatable bonds is 2. The SMILES string of the molecule is COc1ccc2[nH]c3c(-c4cccc5c4CCCC5)nccc3c2n1. The molecule has 0 bridgehead atoms. The summed E-state index contributed by atoms with van der Waals surface area (Å²) in [5.74, 6) is 0.629. The van der Waals surface area contributed by atoms with Crippen molar-refractivity contribution in [1.82, 2.24) is 15.0 Å². The fourth-order valence-electron chi connectivity index (χ4n) is 3.99. The molecule has 1 aliphatic carbocycles. The zero-order valence-corrected chi connectivity index (χ0v) is 14.2. The Hall–Kier alpha value is -2.88. The van der Waals surface area contributed by atoms with Gasteiger partial charge in [-0.15, -0.1) is 0 Å². The fourth-order valence-corrected chi connectivity index (χ4v) is 3.99. The summed E-state index contributed by atoms with van der Waals surface area (Å²) in [7, 11) is 1.65. The van der Waals surface area contributed by atoms with Gasteiger partial charge in [-0.3, -0.25) is 4.98 Å². The lowest BCUT2D eigenvalue weighted by Crippen LogP contribution is -2.04. The van der Waals surface area contributed by atoms with Gasteiger partial charge in [0.05, 0.1) is 29.4 Å². The molecule has 0 spiro atoms. The molecular formula is C21H19N3O. The number of methoxy groups -OCH3 is 1. The number of hydrogen-bond donors (Lipinski definition) is 1. The Bertz CT molecular complexity index is 1100. The normalized spacial score (nSPS) is 14.0. The number of aryl methyl sites for hydroxylation is 1. The number of aromatic amines is 1. The van der Waals surface area contributed by atoms with Gasteiger partial charge in [-0.2, -0.15) is 0 Å². The second kappa shape index (κ2) is 5.59. The van der Waals surface area contributed by atoms with Gasteiger partial charge in [0.25, 0.3) is 0 Å². The minimum atomic E-state index is 0.629. The van der Waals surface area contributed by atoms with E-state index in [1.807, 2.05) is 24.4 Å². The zero-order valence-electron chi connectivity index (χ0n) is 14.2. The van der Waals surface area contributed by atoms with Crippen LogP contribution in [0.4, 0.5) is 0 Å². The number of benzene rings is 1. The number of nitrogens with one attached hydrogen (secondary N) is 1. The molecule has 1 aromatic carbocycles. The molecule has 124 valence electrons.